The van der Waals surface area contributed by atoms with Crippen molar-refractivity contribution in [2.75, 3.05) is 0 Å². The summed E-state index contributed by atoms with van der Waals surface area (Å²) in [7, 11) is 0. The second-order valence-corrected chi connectivity index (χ2v) is 2.74. The van der Waals surface area contributed by atoms with Crippen molar-refractivity contribution in [3.05, 3.63) is 39.7 Å². The zero-order valence-corrected chi connectivity index (χ0v) is 6.93. The lowest BCUT2D eigenvalue weighted by Gasteiger charge is -2.05. The predicted octanol–water partition coefficient (Wildman–Crippen LogP) is -1.37. The standard InChI is InChI=1S/C9H4N2O3/c10-11-7-5-3-1-2-4-6(5)9(14-13)8(7)12/h1-4H. The summed E-state index contributed by atoms with van der Waals surface area (Å²) in [6, 6.07) is 6.46. The Bertz CT molecular complexity index is 568. The van der Waals surface area contributed by atoms with Crippen LogP contribution in [0, 0.1) is 5.39 Å². The molecule has 0 saturated carbocycles. The van der Waals surface area contributed by atoms with E-state index < -0.39 is 5.78 Å². The molecule has 1 aliphatic carbocycles. The zero-order valence-electron chi connectivity index (χ0n) is 6.93. The van der Waals surface area contributed by atoms with Gasteiger partial charge in [-0.25, -0.2) is 0 Å². The van der Waals surface area contributed by atoms with E-state index in [9.17, 15) is 10.1 Å². The van der Waals surface area contributed by atoms with Crippen LogP contribution in [0.5, 0.6) is 0 Å². The van der Waals surface area contributed by atoms with E-state index in [4.69, 9.17) is 5.39 Å². The van der Waals surface area contributed by atoms with Crippen LogP contribution in [0.2, 0.25) is 0 Å². The van der Waals surface area contributed by atoms with Gasteiger partial charge in [0, 0.05) is 5.22 Å². The van der Waals surface area contributed by atoms with Gasteiger partial charge in [0.25, 0.3) is 0 Å². The van der Waals surface area contributed by atoms with E-state index in [0.29, 0.717) is 10.4 Å². The summed E-state index contributed by atoms with van der Waals surface area (Å²) in [6.45, 7) is 0. The zero-order chi connectivity index (χ0) is 10.1. The van der Waals surface area contributed by atoms with Crippen LogP contribution in [0.15, 0.2) is 24.3 Å². The highest BCUT2D eigenvalue weighted by Crippen LogP contribution is 2.09. The molecule has 14 heavy (non-hydrogen) atoms. The molecule has 5 nitrogen and oxygen atoms in total. The third-order valence-corrected chi connectivity index (χ3v) is 2.03. The SMILES string of the molecule is N#[N+]C1=c2ccccc2=C(O[O-])C1=O. The van der Waals surface area contributed by atoms with Gasteiger partial charge in [-0.15, -0.1) is 0 Å². The number of rotatable bonds is 1. The van der Waals surface area contributed by atoms with Crippen LogP contribution in [0.1, 0.15) is 0 Å². The molecule has 1 aliphatic rings. The van der Waals surface area contributed by atoms with E-state index in [2.05, 4.69) is 9.86 Å². The van der Waals surface area contributed by atoms with E-state index in [1.54, 1.807) is 24.3 Å². The lowest BCUT2D eigenvalue weighted by Crippen LogP contribution is -2.25. The van der Waals surface area contributed by atoms with Crippen molar-refractivity contribution in [1.82, 2.24) is 0 Å². The number of fused-ring (bicyclic) bond motifs is 1. The number of hydrogen-bond acceptors (Lipinski definition) is 4. The maximum atomic E-state index is 11.4. The third-order valence-electron chi connectivity index (χ3n) is 2.03. The van der Waals surface area contributed by atoms with Gasteiger partial charge in [-0.05, 0) is 6.07 Å². The summed E-state index contributed by atoms with van der Waals surface area (Å²) in [5, 5.41) is 19.6. The summed E-state index contributed by atoms with van der Waals surface area (Å²) < 4.78 is 0. The minimum Gasteiger partial charge on any atom is -0.664 e. The first-order chi connectivity index (χ1) is 6.79. The van der Waals surface area contributed by atoms with Crippen LogP contribution in [0.25, 0.3) is 16.4 Å². The number of benzene rings is 1. The van der Waals surface area contributed by atoms with Gasteiger partial charge in [0.15, 0.2) is 10.7 Å². The van der Waals surface area contributed by atoms with Crippen molar-refractivity contribution in [3.63, 3.8) is 0 Å². The van der Waals surface area contributed by atoms with Gasteiger partial charge in [-0.1, -0.05) is 18.2 Å². The first-order valence-corrected chi connectivity index (χ1v) is 3.83. The summed E-state index contributed by atoms with van der Waals surface area (Å²) in [6.07, 6.45) is 0. The second kappa shape index (κ2) is 2.94. The van der Waals surface area contributed by atoms with Gasteiger partial charge in [0.1, 0.15) is 0 Å². The first kappa shape index (κ1) is 8.41. The monoisotopic (exact) mass is 188 g/mol. The van der Waals surface area contributed by atoms with E-state index in [0.717, 1.165) is 0 Å². The Morgan fingerprint density at radius 1 is 1.29 bits per heavy atom. The number of hydrogen-bond donors (Lipinski definition) is 0. The maximum absolute atomic E-state index is 11.4. The topological polar surface area (TPSA) is 77.5 Å². The molecule has 5 heteroatoms. The molecule has 0 unspecified atom stereocenters. The van der Waals surface area contributed by atoms with Gasteiger partial charge in [0.2, 0.25) is 5.39 Å². The minimum atomic E-state index is -0.691. The maximum Gasteiger partial charge on any atom is 0.443 e. The Hall–Kier alpha value is -2.19. The lowest BCUT2D eigenvalue weighted by atomic mass is 10.2. The van der Waals surface area contributed by atoms with Crippen molar-refractivity contribution in [2.24, 2.45) is 0 Å². The molecule has 68 valence electrons. The van der Waals surface area contributed by atoms with E-state index in [1.807, 2.05) is 0 Å². The normalized spacial score (nSPS) is 13.9. The molecule has 0 bridgehead atoms. The van der Waals surface area contributed by atoms with Crippen LogP contribution in [-0.4, -0.2) is 5.78 Å². The van der Waals surface area contributed by atoms with Crippen molar-refractivity contribution < 1.29 is 14.9 Å². The molecule has 0 N–H and O–H groups in total. The van der Waals surface area contributed by atoms with Crippen LogP contribution in [0.3, 0.4) is 0 Å². The highest BCUT2D eigenvalue weighted by atomic mass is 17.1. The first-order valence-electron chi connectivity index (χ1n) is 3.83. The molecule has 0 aromatic heterocycles. The van der Waals surface area contributed by atoms with Crippen molar-refractivity contribution in [2.45, 2.75) is 0 Å². The Balaban J connectivity index is 2.98. The van der Waals surface area contributed by atoms with Crippen LogP contribution in [0.4, 0.5) is 0 Å². The van der Waals surface area contributed by atoms with Crippen molar-refractivity contribution in [3.8, 4) is 0 Å². The number of nitrogens with zero attached hydrogens (tertiary/aromatic N) is 2. The molecular weight excluding hydrogens is 184 g/mol. The van der Waals surface area contributed by atoms with E-state index >= 15 is 0 Å². The smallest absolute Gasteiger partial charge is 0.443 e. The fourth-order valence-corrected chi connectivity index (χ4v) is 1.42. The molecule has 0 saturated heterocycles. The Labute approximate surface area is 78.1 Å². The van der Waals surface area contributed by atoms with Crippen molar-refractivity contribution in [1.29, 1.82) is 5.39 Å². The average molecular weight is 188 g/mol. The number of carbonyl (C=O) groups is 1. The highest BCUT2D eigenvalue weighted by Gasteiger charge is 2.34. The Kier molecular flexibility index (Phi) is 1.77. The number of carbonyl (C=O) groups excluding carboxylic acids is 1. The molecule has 0 spiro atoms. The molecule has 0 fully saturated rings. The number of Topliss-reactive ketones (excluding diaryl/α,β-unsaturated/α-hetero) is 1. The van der Waals surface area contributed by atoms with Crippen molar-refractivity contribution >= 4 is 17.2 Å². The number of ketones is 1. The van der Waals surface area contributed by atoms with Gasteiger partial charge in [-0.3, -0.25) is 4.79 Å². The quantitative estimate of drug-likeness (QED) is 0.309. The molecule has 2 rings (SSSR count). The Morgan fingerprint density at radius 3 is 2.50 bits per heavy atom. The van der Waals surface area contributed by atoms with E-state index in [-0.39, 0.29) is 11.5 Å². The third kappa shape index (κ3) is 0.917. The molecule has 1 aromatic rings. The summed E-state index contributed by atoms with van der Waals surface area (Å²) in [5.41, 5.74) is -0.161. The molecule has 0 heterocycles. The van der Waals surface area contributed by atoms with Gasteiger partial charge >= 0.3 is 11.5 Å². The lowest BCUT2D eigenvalue weighted by molar-refractivity contribution is -0.656. The predicted molar refractivity (Wildman–Crippen MR) is 43.7 cm³/mol. The summed E-state index contributed by atoms with van der Waals surface area (Å²) >= 11 is 0. The molecule has 0 amide bonds. The number of diazo groups is 1. The highest BCUT2D eigenvalue weighted by molar-refractivity contribution is 6.37. The van der Waals surface area contributed by atoms with Gasteiger partial charge in [-0.2, -0.15) is 0 Å². The Morgan fingerprint density at radius 2 is 1.93 bits per heavy atom. The summed E-state index contributed by atoms with van der Waals surface area (Å²) in [5.74, 6) is -1.02. The van der Waals surface area contributed by atoms with Crippen LogP contribution < -0.4 is 15.7 Å². The van der Waals surface area contributed by atoms with Crippen LogP contribution in [-0.2, 0) is 9.68 Å². The second-order valence-electron chi connectivity index (χ2n) is 2.74. The van der Waals surface area contributed by atoms with Gasteiger partial charge in [0.05, 0.1) is 5.22 Å². The molecule has 0 aliphatic heterocycles. The minimum absolute atomic E-state index is 0.161. The van der Waals surface area contributed by atoms with E-state index in [1.165, 1.54) is 0 Å². The van der Waals surface area contributed by atoms with Gasteiger partial charge < -0.3 is 10.1 Å². The molecule has 0 atom stereocenters. The molecule has 0 radical (unpaired) electrons. The average Bonchev–Trinajstić information content (AvgIpc) is 2.49. The summed E-state index contributed by atoms with van der Waals surface area (Å²) in [4.78, 5) is 17.9. The fraction of sp³-hybridized carbons (Fsp3) is 0. The molecule has 1 aromatic carbocycles. The van der Waals surface area contributed by atoms with Crippen LogP contribution >= 0.6 is 0 Å². The largest absolute Gasteiger partial charge is 0.664 e. The fourth-order valence-electron chi connectivity index (χ4n) is 1.42. The molecular formula is C9H4N2O3.